The Bertz CT molecular complexity index is 987. The number of hydrogen-bond acceptors (Lipinski definition) is 3. The number of methoxy groups -OCH3 is 1. The van der Waals surface area contributed by atoms with Gasteiger partial charge in [-0.25, -0.2) is 4.79 Å². The van der Waals surface area contributed by atoms with Crippen LogP contribution in [0.15, 0.2) is 78.9 Å². The van der Waals surface area contributed by atoms with Crippen LogP contribution in [0.4, 0.5) is 0 Å². The van der Waals surface area contributed by atoms with E-state index in [-0.39, 0.29) is 5.78 Å². The molecule has 0 radical (unpaired) electrons. The third-order valence-electron chi connectivity index (χ3n) is 5.43. The van der Waals surface area contributed by atoms with E-state index in [1.165, 1.54) is 7.11 Å². The largest absolute Gasteiger partial charge is 0.465 e. The number of benzene rings is 3. The molecule has 0 atom stereocenters. The minimum Gasteiger partial charge on any atom is -0.465 e. The fraction of sp³-hybridized carbons (Fsp3) is 0.231. The van der Waals surface area contributed by atoms with Crippen molar-refractivity contribution in [1.29, 1.82) is 0 Å². The van der Waals surface area contributed by atoms with Gasteiger partial charge in [-0.15, -0.1) is 0 Å². The maximum atomic E-state index is 13.2. The van der Waals surface area contributed by atoms with E-state index in [9.17, 15) is 9.59 Å². The molecule has 154 valence electrons. The van der Waals surface area contributed by atoms with Crippen molar-refractivity contribution in [2.45, 2.75) is 27.2 Å². The Labute approximate surface area is 179 Å². The quantitative estimate of drug-likeness (QED) is 0.313. The number of esters is 1. The van der Waals surface area contributed by atoms with Crippen LogP contribution >= 0.6 is 7.92 Å². The monoisotopic (exact) mass is 418 g/mol. The molecule has 0 heterocycles. The molecule has 0 bridgehead atoms. The summed E-state index contributed by atoms with van der Waals surface area (Å²) in [6.07, 6.45) is 0.742. The minimum atomic E-state index is -1.04. The normalized spacial score (nSPS) is 11.4. The molecule has 0 unspecified atom stereocenters. The van der Waals surface area contributed by atoms with Crippen molar-refractivity contribution >= 4 is 35.6 Å². The molecule has 0 spiro atoms. The van der Waals surface area contributed by atoms with Crippen LogP contribution in [0.3, 0.4) is 0 Å². The molecule has 30 heavy (non-hydrogen) atoms. The van der Waals surface area contributed by atoms with E-state index in [0.29, 0.717) is 11.1 Å². The van der Waals surface area contributed by atoms with Crippen LogP contribution in [-0.2, 0) is 4.74 Å². The van der Waals surface area contributed by atoms with Crippen LogP contribution in [0.2, 0.25) is 0 Å². The molecule has 0 fully saturated rings. The number of rotatable bonds is 7. The lowest BCUT2D eigenvalue weighted by Crippen LogP contribution is -2.29. The molecule has 0 aliphatic carbocycles. The highest BCUT2D eigenvalue weighted by atomic mass is 31.1. The Balaban J connectivity index is 2.26. The zero-order valence-corrected chi connectivity index (χ0v) is 18.8. The van der Waals surface area contributed by atoms with E-state index in [4.69, 9.17) is 4.74 Å². The first kappa shape index (κ1) is 21.9. The van der Waals surface area contributed by atoms with Crippen molar-refractivity contribution < 1.29 is 14.3 Å². The molecule has 3 aromatic rings. The summed E-state index contributed by atoms with van der Waals surface area (Å²) in [5.41, 5.74) is 0.665. The van der Waals surface area contributed by atoms with E-state index in [1.54, 1.807) is 12.1 Å². The number of carbonyl (C=O) groups excluding carboxylic acids is 2. The Morgan fingerprint density at radius 3 is 1.87 bits per heavy atom. The molecule has 0 aromatic heterocycles. The highest BCUT2D eigenvalue weighted by Crippen LogP contribution is 2.35. The Morgan fingerprint density at radius 1 is 0.867 bits per heavy atom. The zero-order chi connectivity index (χ0) is 21.7. The third kappa shape index (κ3) is 4.52. The number of carbonyl (C=O) groups is 2. The van der Waals surface area contributed by atoms with E-state index in [1.807, 2.05) is 63.2 Å². The first-order valence-corrected chi connectivity index (χ1v) is 11.4. The summed E-state index contributed by atoms with van der Waals surface area (Å²) in [5, 5.41) is 3.07. The van der Waals surface area contributed by atoms with Crippen molar-refractivity contribution in [1.82, 2.24) is 0 Å². The van der Waals surface area contributed by atoms with Gasteiger partial charge in [0.25, 0.3) is 0 Å². The highest BCUT2D eigenvalue weighted by Gasteiger charge is 2.29. The molecule has 4 heteroatoms. The average Bonchev–Trinajstić information content (AvgIpc) is 2.79. The number of Topliss-reactive ketones (excluding diaryl/α,β-unsaturated/α-hetero) is 1. The first-order valence-electron chi connectivity index (χ1n) is 10.1. The molecule has 3 nitrogen and oxygen atoms in total. The van der Waals surface area contributed by atoms with Gasteiger partial charge >= 0.3 is 5.97 Å². The van der Waals surface area contributed by atoms with Gasteiger partial charge < -0.3 is 4.74 Å². The van der Waals surface area contributed by atoms with Gasteiger partial charge in [-0.3, -0.25) is 4.79 Å². The van der Waals surface area contributed by atoms with Crippen molar-refractivity contribution in [2.24, 2.45) is 5.41 Å². The summed E-state index contributed by atoms with van der Waals surface area (Å²) < 4.78 is 5.07. The molecule has 0 amide bonds. The number of ether oxygens (including phenoxy) is 1. The minimum absolute atomic E-state index is 0.0822. The Hall–Kier alpha value is -2.77. The summed E-state index contributed by atoms with van der Waals surface area (Å²) in [5.74, 6) is -0.308. The van der Waals surface area contributed by atoms with Crippen molar-refractivity contribution in [3.05, 3.63) is 90.0 Å². The average molecular weight is 418 g/mol. The van der Waals surface area contributed by atoms with E-state index in [2.05, 4.69) is 24.3 Å². The van der Waals surface area contributed by atoms with Crippen molar-refractivity contribution in [2.75, 3.05) is 7.11 Å². The summed E-state index contributed by atoms with van der Waals surface area (Å²) in [4.78, 5) is 25.8. The summed E-state index contributed by atoms with van der Waals surface area (Å²) >= 11 is 0. The maximum absolute atomic E-state index is 13.2. The van der Waals surface area contributed by atoms with Gasteiger partial charge in [0.15, 0.2) is 5.78 Å². The molecular formula is C26H27O3P. The number of hydrogen-bond donors (Lipinski definition) is 0. The van der Waals surface area contributed by atoms with Gasteiger partial charge in [0, 0.05) is 16.3 Å². The molecule has 3 aromatic carbocycles. The Morgan fingerprint density at radius 2 is 1.40 bits per heavy atom. The topological polar surface area (TPSA) is 43.4 Å². The molecular weight excluding hydrogens is 391 g/mol. The van der Waals surface area contributed by atoms with Gasteiger partial charge in [0.05, 0.1) is 12.7 Å². The van der Waals surface area contributed by atoms with Crippen LogP contribution in [-0.4, -0.2) is 18.9 Å². The van der Waals surface area contributed by atoms with Gasteiger partial charge in [0.2, 0.25) is 0 Å². The van der Waals surface area contributed by atoms with E-state index >= 15 is 0 Å². The second-order valence-electron chi connectivity index (χ2n) is 7.80. The molecule has 0 N–H and O–H groups in total. The lowest BCUT2D eigenvalue weighted by Gasteiger charge is -2.24. The molecule has 0 aliphatic rings. The highest BCUT2D eigenvalue weighted by molar-refractivity contribution is 7.80. The predicted molar refractivity (Wildman–Crippen MR) is 125 cm³/mol. The lowest BCUT2D eigenvalue weighted by atomic mass is 9.82. The maximum Gasteiger partial charge on any atom is 0.338 e. The van der Waals surface area contributed by atoms with Crippen LogP contribution in [0.5, 0.6) is 0 Å². The summed E-state index contributed by atoms with van der Waals surface area (Å²) in [6, 6.07) is 25.6. The number of ketones is 1. The van der Waals surface area contributed by atoms with Gasteiger partial charge in [0.1, 0.15) is 0 Å². The van der Waals surface area contributed by atoms with Crippen LogP contribution in [0, 0.1) is 5.41 Å². The van der Waals surface area contributed by atoms with Gasteiger partial charge in [-0.05, 0) is 37.1 Å². The van der Waals surface area contributed by atoms with Crippen LogP contribution < -0.4 is 15.9 Å². The van der Waals surface area contributed by atoms with Crippen molar-refractivity contribution in [3.8, 4) is 0 Å². The molecule has 0 saturated heterocycles. The smallest absolute Gasteiger partial charge is 0.338 e. The van der Waals surface area contributed by atoms with E-state index < -0.39 is 19.3 Å². The van der Waals surface area contributed by atoms with Crippen molar-refractivity contribution in [3.63, 3.8) is 0 Å². The summed E-state index contributed by atoms with van der Waals surface area (Å²) in [7, 11) is 0.348. The standard InChI is InChI=1S/C26H27O3P/c1-5-26(2,3)24(27)19-16-17-22(25(28)29-4)23(18-19)30(20-12-8-6-9-13-20)21-14-10-7-11-15-21/h6-18H,5H2,1-4H3. The lowest BCUT2D eigenvalue weighted by molar-refractivity contribution is 0.0602. The van der Waals surface area contributed by atoms with Gasteiger partial charge in [-0.1, -0.05) is 87.5 Å². The third-order valence-corrected chi connectivity index (χ3v) is 7.91. The van der Waals surface area contributed by atoms with Crippen LogP contribution in [0.1, 0.15) is 47.9 Å². The second kappa shape index (κ2) is 9.36. The zero-order valence-electron chi connectivity index (χ0n) is 17.9. The van der Waals surface area contributed by atoms with E-state index in [0.717, 1.165) is 22.3 Å². The molecule has 0 saturated carbocycles. The molecule has 0 aliphatic heterocycles. The first-order chi connectivity index (χ1) is 14.4. The van der Waals surface area contributed by atoms with Gasteiger partial charge in [-0.2, -0.15) is 0 Å². The SMILES string of the molecule is CCC(C)(C)C(=O)c1ccc(C(=O)OC)c(P(c2ccccc2)c2ccccc2)c1. The van der Waals surface area contributed by atoms with Crippen LogP contribution in [0.25, 0.3) is 0 Å². The fourth-order valence-corrected chi connectivity index (χ4v) is 5.74. The predicted octanol–water partition coefficient (Wildman–Crippen LogP) is 4.85. The second-order valence-corrected chi connectivity index (χ2v) is 9.98. The fourth-order valence-electron chi connectivity index (χ4n) is 3.27. The summed E-state index contributed by atoms with van der Waals surface area (Å²) in [6.45, 7) is 5.93. The molecule has 3 rings (SSSR count). The Kier molecular flexibility index (Phi) is 6.84.